The van der Waals surface area contributed by atoms with Gasteiger partial charge in [-0.1, -0.05) is 121 Å². The van der Waals surface area contributed by atoms with E-state index in [-0.39, 0.29) is 12.3 Å². The Hall–Kier alpha value is -6.04. The zero-order valence-corrected chi connectivity index (χ0v) is 25.5. The molecule has 0 saturated heterocycles. The Kier molecular flexibility index (Phi) is 6.61. The Morgan fingerprint density at radius 1 is 0.511 bits per heavy atom. The normalized spacial score (nSPS) is 16.3. The highest BCUT2D eigenvalue weighted by Gasteiger charge is 2.25. The van der Waals surface area contributed by atoms with Crippen molar-refractivity contribution < 1.29 is 4.42 Å². The minimum absolute atomic E-state index is 0.108. The van der Waals surface area contributed by atoms with E-state index in [0.717, 1.165) is 61.1 Å². The van der Waals surface area contributed by atoms with Crippen molar-refractivity contribution in [2.24, 2.45) is 4.99 Å². The first-order valence-corrected chi connectivity index (χ1v) is 15.9. The van der Waals surface area contributed by atoms with Crippen LogP contribution in [-0.4, -0.2) is 10.8 Å². The predicted molar refractivity (Wildman–Crippen MR) is 191 cm³/mol. The number of aliphatic imine (C=N–C) groups is 1. The van der Waals surface area contributed by atoms with Crippen LogP contribution in [0.5, 0.6) is 0 Å². The van der Waals surface area contributed by atoms with Crippen LogP contribution < -0.4 is 10.6 Å². The molecule has 2 heterocycles. The topological polar surface area (TPSA) is 62.5 Å². The van der Waals surface area contributed by atoms with E-state index in [1.807, 2.05) is 42.5 Å². The van der Waals surface area contributed by atoms with Gasteiger partial charge in [0.25, 0.3) is 0 Å². The fourth-order valence-electron chi connectivity index (χ4n) is 6.51. The highest BCUT2D eigenvalue weighted by Crippen LogP contribution is 2.34. The van der Waals surface area contributed by atoms with Gasteiger partial charge in [0.15, 0.2) is 5.58 Å². The molecule has 9 rings (SSSR count). The van der Waals surface area contributed by atoms with Gasteiger partial charge in [-0.05, 0) is 74.8 Å². The molecule has 1 aromatic heterocycles. The third-order valence-corrected chi connectivity index (χ3v) is 8.95. The molecule has 224 valence electrons. The summed E-state index contributed by atoms with van der Waals surface area (Å²) in [5, 5.41) is 12.0. The monoisotopic (exact) mass is 606 g/mol. The molecule has 2 atom stereocenters. The number of oxazole rings is 1. The van der Waals surface area contributed by atoms with E-state index in [1.54, 1.807) is 0 Å². The first-order chi connectivity index (χ1) is 23.2. The lowest BCUT2D eigenvalue weighted by molar-refractivity contribution is 0.409. The quantitative estimate of drug-likeness (QED) is 0.205. The van der Waals surface area contributed by atoms with Gasteiger partial charge in [0.1, 0.15) is 23.7 Å². The summed E-state index contributed by atoms with van der Waals surface area (Å²) in [6, 6.07) is 54.8. The number of nitrogens with zero attached hydrogens (tertiary/aromatic N) is 2. The summed E-state index contributed by atoms with van der Waals surface area (Å²) in [6.07, 6.45) is -0.327. The second-order valence-corrected chi connectivity index (χ2v) is 12.0. The zero-order chi connectivity index (χ0) is 31.2. The number of rotatable bonds is 5. The number of amidine groups is 1. The number of nitrogens with one attached hydrogen (secondary N) is 2. The highest BCUT2D eigenvalue weighted by atomic mass is 16.3. The smallest absolute Gasteiger partial charge is 0.227 e. The van der Waals surface area contributed by atoms with E-state index in [4.69, 9.17) is 14.4 Å². The molecular formula is C42H30N4O. The molecule has 5 heteroatoms. The highest BCUT2D eigenvalue weighted by molar-refractivity contribution is 6.05. The van der Waals surface area contributed by atoms with Gasteiger partial charge in [-0.15, -0.1) is 0 Å². The molecule has 0 amide bonds. The van der Waals surface area contributed by atoms with Gasteiger partial charge in [-0.2, -0.15) is 0 Å². The second kappa shape index (κ2) is 11.4. The summed E-state index contributed by atoms with van der Waals surface area (Å²) in [5.41, 5.74) is 8.12. The van der Waals surface area contributed by atoms with Gasteiger partial charge in [-0.25, -0.2) is 9.98 Å². The molecule has 7 aromatic carbocycles. The molecule has 2 N–H and O–H groups in total. The number of hydrogen-bond acceptors (Lipinski definition) is 5. The first-order valence-electron chi connectivity index (χ1n) is 15.9. The predicted octanol–water partition coefficient (Wildman–Crippen LogP) is 9.81. The molecule has 0 saturated carbocycles. The number of aromatic nitrogens is 1. The molecule has 0 radical (unpaired) electrons. The molecule has 0 aliphatic carbocycles. The summed E-state index contributed by atoms with van der Waals surface area (Å²) < 4.78 is 6.36. The third kappa shape index (κ3) is 5.13. The maximum atomic E-state index is 6.36. The van der Waals surface area contributed by atoms with Crippen LogP contribution in [0.3, 0.4) is 0 Å². The van der Waals surface area contributed by atoms with Crippen molar-refractivity contribution in [1.82, 2.24) is 15.6 Å². The molecule has 8 aromatic rings. The summed E-state index contributed by atoms with van der Waals surface area (Å²) in [7, 11) is 0. The van der Waals surface area contributed by atoms with Gasteiger partial charge in [-0.3, -0.25) is 5.32 Å². The average molecular weight is 607 g/mol. The van der Waals surface area contributed by atoms with Crippen LogP contribution in [0.4, 0.5) is 0 Å². The fourth-order valence-corrected chi connectivity index (χ4v) is 6.51. The average Bonchev–Trinajstić information content (AvgIpc) is 3.60. The maximum absolute atomic E-state index is 6.36. The molecular weight excluding hydrogens is 576 g/mol. The standard InChI is InChI=1S/C42H30N4O/c1-3-11-29(12-4-1)39-44-40(46-41(45-39)35-21-18-27-10-7-8-15-31(27)24-35)34-17-9-16-32(25-34)33-20-19-28-22-23-37-38(36(28)26-33)47-42(43-37)30-13-5-2-6-14-30/h1-26,39,41,45H,(H,44,46). The Balaban J connectivity index is 1.11. The number of benzene rings is 7. The maximum Gasteiger partial charge on any atom is 0.227 e. The van der Waals surface area contributed by atoms with Crippen LogP contribution in [-0.2, 0) is 0 Å². The number of fused-ring (bicyclic) bond motifs is 4. The van der Waals surface area contributed by atoms with E-state index in [1.165, 1.54) is 10.8 Å². The molecule has 0 spiro atoms. The van der Waals surface area contributed by atoms with Gasteiger partial charge < -0.3 is 9.73 Å². The van der Waals surface area contributed by atoms with Crippen LogP contribution in [0.2, 0.25) is 0 Å². The Labute approximate surface area is 272 Å². The van der Waals surface area contributed by atoms with Gasteiger partial charge in [0.2, 0.25) is 5.89 Å². The minimum Gasteiger partial charge on any atom is -0.435 e. The van der Waals surface area contributed by atoms with Gasteiger partial charge in [0.05, 0.1) is 0 Å². The van der Waals surface area contributed by atoms with Crippen molar-refractivity contribution in [3.63, 3.8) is 0 Å². The number of hydrogen-bond donors (Lipinski definition) is 2. The van der Waals surface area contributed by atoms with Crippen molar-refractivity contribution in [3.05, 3.63) is 174 Å². The van der Waals surface area contributed by atoms with Crippen LogP contribution >= 0.6 is 0 Å². The lowest BCUT2D eigenvalue weighted by Gasteiger charge is -2.32. The SMILES string of the molecule is c1ccc(-c2nc3ccc4ccc(-c5cccc(C6=NC(c7ccc8ccccc8c7)NC(c7ccccc7)N6)c5)cc4c3o2)cc1. The van der Waals surface area contributed by atoms with Crippen LogP contribution in [0.1, 0.15) is 29.0 Å². The van der Waals surface area contributed by atoms with Crippen LogP contribution in [0, 0.1) is 0 Å². The molecule has 0 bridgehead atoms. The minimum atomic E-state index is -0.219. The molecule has 1 aliphatic rings. The Bertz CT molecular complexity index is 2430. The molecule has 0 fully saturated rings. The molecule has 2 unspecified atom stereocenters. The van der Waals surface area contributed by atoms with Gasteiger partial charge in [0, 0.05) is 16.5 Å². The summed E-state index contributed by atoms with van der Waals surface area (Å²) in [5.74, 6) is 1.48. The van der Waals surface area contributed by atoms with Crippen LogP contribution in [0.15, 0.2) is 167 Å². The lowest BCUT2D eigenvalue weighted by Crippen LogP contribution is -2.44. The first kappa shape index (κ1) is 27.3. The Morgan fingerprint density at radius 2 is 1.21 bits per heavy atom. The van der Waals surface area contributed by atoms with Crippen molar-refractivity contribution in [2.45, 2.75) is 12.3 Å². The summed E-state index contributed by atoms with van der Waals surface area (Å²) in [6.45, 7) is 0. The summed E-state index contributed by atoms with van der Waals surface area (Å²) in [4.78, 5) is 10.0. The van der Waals surface area contributed by atoms with Crippen molar-refractivity contribution in [1.29, 1.82) is 0 Å². The van der Waals surface area contributed by atoms with Crippen LogP contribution in [0.25, 0.3) is 55.2 Å². The lowest BCUT2D eigenvalue weighted by atomic mass is 9.98. The third-order valence-electron chi connectivity index (χ3n) is 8.95. The fraction of sp³-hybridized carbons (Fsp3) is 0.0476. The second-order valence-electron chi connectivity index (χ2n) is 12.0. The van der Waals surface area contributed by atoms with Crippen molar-refractivity contribution in [2.75, 3.05) is 0 Å². The van der Waals surface area contributed by atoms with E-state index in [9.17, 15) is 0 Å². The van der Waals surface area contributed by atoms with Gasteiger partial charge >= 0.3 is 0 Å². The van der Waals surface area contributed by atoms with E-state index in [2.05, 4.69) is 126 Å². The Morgan fingerprint density at radius 3 is 2.09 bits per heavy atom. The van der Waals surface area contributed by atoms with Crippen molar-refractivity contribution in [3.8, 4) is 22.6 Å². The molecule has 1 aliphatic heterocycles. The zero-order valence-electron chi connectivity index (χ0n) is 25.5. The van der Waals surface area contributed by atoms with Crippen molar-refractivity contribution >= 4 is 38.5 Å². The molecule has 47 heavy (non-hydrogen) atoms. The van der Waals surface area contributed by atoms with E-state index < -0.39 is 0 Å². The largest absolute Gasteiger partial charge is 0.435 e. The van der Waals surface area contributed by atoms with E-state index >= 15 is 0 Å². The van der Waals surface area contributed by atoms with E-state index in [0.29, 0.717) is 5.89 Å². The summed E-state index contributed by atoms with van der Waals surface area (Å²) >= 11 is 0. The molecule has 5 nitrogen and oxygen atoms in total.